The maximum absolute atomic E-state index is 14.2. The molecule has 3 aromatic rings. The zero-order valence-electron chi connectivity index (χ0n) is 14.1. The molecule has 6 heteroatoms. The maximum Gasteiger partial charge on any atom is 0.127 e. The lowest BCUT2D eigenvalue weighted by molar-refractivity contribution is 0.174. The van der Waals surface area contributed by atoms with Crippen molar-refractivity contribution in [3.05, 3.63) is 65.1 Å². The highest BCUT2D eigenvalue weighted by Crippen LogP contribution is 2.28. The van der Waals surface area contributed by atoms with Crippen LogP contribution in [0, 0.1) is 5.82 Å². The molecule has 26 heavy (non-hydrogen) atoms. The lowest BCUT2D eigenvalue weighted by Gasteiger charge is -2.17. The number of nitrogens with zero attached hydrogens (tertiary/aromatic N) is 2. The number of pyridine rings is 1. The number of anilines is 2. The minimum Gasteiger partial charge on any atom is -0.392 e. The van der Waals surface area contributed by atoms with Crippen molar-refractivity contribution in [3.8, 4) is 0 Å². The van der Waals surface area contributed by atoms with Crippen LogP contribution in [0.15, 0.2) is 48.7 Å². The second-order valence-electron chi connectivity index (χ2n) is 6.63. The Kier molecular flexibility index (Phi) is 4.76. The van der Waals surface area contributed by atoms with Crippen LogP contribution in [0.4, 0.5) is 15.8 Å². The van der Waals surface area contributed by atoms with Crippen LogP contribution in [0.3, 0.4) is 0 Å². The number of fused-ring (bicyclic) bond motifs is 1. The molecule has 0 aliphatic carbocycles. The predicted octanol–water partition coefficient (Wildman–Crippen LogP) is 4.34. The van der Waals surface area contributed by atoms with Gasteiger partial charge in [0.05, 0.1) is 11.6 Å². The fourth-order valence-corrected chi connectivity index (χ4v) is 3.52. The standard InChI is InChI=1S/C20H19ClFN3O/c21-14-1-3-17-19(5-7-23-20(17)10-14)24-15-2-4-18(22)13(9-15)11-25-8-6-16(26)12-25/h1-5,7,9-10,16,26H,6,8,11-12H2,(H,23,24). The van der Waals surface area contributed by atoms with Gasteiger partial charge in [0.1, 0.15) is 5.82 Å². The lowest BCUT2D eigenvalue weighted by atomic mass is 10.1. The minimum atomic E-state index is -0.311. The molecule has 1 aliphatic rings. The number of aliphatic hydroxyl groups excluding tert-OH is 1. The third-order valence-corrected chi connectivity index (χ3v) is 4.91. The highest BCUT2D eigenvalue weighted by atomic mass is 35.5. The first-order valence-electron chi connectivity index (χ1n) is 8.58. The van der Waals surface area contributed by atoms with Crippen molar-refractivity contribution < 1.29 is 9.50 Å². The summed E-state index contributed by atoms with van der Waals surface area (Å²) in [7, 11) is 0. The average molecular weight is 372 g/mol. The Morgan fingerprint density at radius 2 is 2.12 bits per heavy atom. The van der Waals surface area contributed by atoms with Crippen molar-refractivity contribution in [2.45, 2.75) is 19.1 Å². The topological polar surface area (TPSA) is 48.4 Å². The van der Waals surface area contributed by atoms with Gasteiger partial charge in [-0.3, -0.25) is 9.88 Å². The highest BCUT2D eigenvalue weighted by Gasteiger charge is 2.21. The summed E-state index contributed by atoms with van der Waals surface area (Å²) in [6.45, 7) is 1.87. The molecule has 0 radical (unpaired) electrons. The number of benzene rings is 2. The molecule has 1 fully saturated rings. The molecule has 0 saturated carbocycles. The van der Waals surface area contributed by atoms with Crippen molar-refractivity contribution in [1.82, 2.24) is 9.88 Å². The average Bonchev–Trinajstić information content (AvgIpc) is 3.03. The fraction of sp³-hybridized carbons (Fsp3) is 0.250. The van der Waals surface area contributed by atoms with E-state index in [-0.39, 0.29) is 11.9 Å². The third kappa shape index (κ3) is 3.65. The Hall–Kier alpha value is -2.21. The molecular formula is C20H19ClFN3O. The van der Waals surface area contributed by atoms with Crippen LogP contribution < -0.4 is 5.32 Å². The Bertz CT molecular complexity index is 949. The molecule has 2 heterocycles. The molecule has 1 aliphatic heterocycles. The second kappa shape index (κ2) is 7.19. The lowest BCUT2D eigenvalue weighted by Crippen LogP contribution is -2.22. The number of rotatable bonds is 4. The molecular weight excluding hydrogens is 353 g/mol. The molecule has 1 aromatic heterocycles. The highest BCUT2D eigenvalue weighted by molar-refractivity contribution is 6.31. The zero-order chi connectivity index (χ0) is 18.1. The molecule has 1 saturated heterocycles. The van der Waals surface area contributed by atoms with E-state index in [0.717, 1.165) is 35.2 Å². The van der Waals surface area contributed by atoms with Gasteiger partial charge in [-0.15, -0.1) is 0 Å². The molecule has 4 nitrogen and oxygen atoms in total. The van der Waals surface area contributed by atoms with Gasteiger partial charge in [0.25, 0.3) is 0 Å². The number of halogens is 2. The smallest absolute Gasteiger partial charge is 0.127 e. The van der Waals surface area contributed by atoms with E-state index in [1.54, 1.807) is 12.3 Å². The SMILES string of the molecule is OC1CCN(Cc2cc(Nc3ccnc4cc(Cl)ccc34)ccc2F)C1. The molecule has 1 atom stereocenters. The van der Waals surface area contributed by atoms with Crippen LogP contribution in [0.25, 0.3) is 10.9 Å². The fourth-order valence-electron chi connectivity index (χ4n) is 3.36. The third-order valence-electron chi connectivity index (χ3n) is 4.67. The number of likely N-dealkylation sites (tertiary alicyclic amines) is 1. The van der Waals surface area contributed by atoms with Crippen LogP contribution in [-0.4, -0.2) is 34.2 Å². The van der Waals surface area contributed by atoms with E-state index in [0.29, 0.717) is 23.7 Å². The molecule has 2 aromatic carbocycles. The summed E-state index contributed by atoms with van der Waals surface area (Å²) in [5.41, 5.74) is 3.12. The van der Waals surface area contributed by atoms with E-state index in [9.17, 15) is 9.50 Å². The Morgan fingerprint density at radius 1 is 1.23 bits per heavy atom. The van der Waals surface area contributed by atoms with Gasteiger partial charge in [-0.2, -0.15) is 0 Å². The number of nitrogens with one attached hydrogen (secondary N) is 1. The van der Waals surface area contributed by atoms with Gasteiger partial charge in [0.15, 0.2) is 0 Å². The number of hydrogen-bond acceptors (Lipinski definition) is 4. The maximum atomic E-state index is 14.2. The van der Waals surface area contributed by atoms with Crippen molar-refractivity contribution in [2.24, 2.45) is 0 Å². The first-order chi connectivity index (χ1) is 12.6. The van der Waals surface area contributed by atoms with Crippen molar-refractivity contribution in [3.63, 3.8) is 0 Å². The molecule has 0 spiro atoms. The van der Waals surface area contributed by atoms with Gasteiger partial charge < -0.3 is 10.4 Å². The number of hydrogen-bond donors (Lipinski definition) is 2. The van der Waals surface area contributed by atoms with Gasteiger partial charge in [-0.1, -0.05) is 11.6 Å². The Balaban J connectivity index is 1.60. The van der Waals surface area contributed by atoms with E-state index < -0.39 is 0 Å². The molecule has 0 amide bonds. The van der Waals surface area contributed by atoms with Crippen LogP contribution in [-0.2, 0) is 6.54 Å². The first-order valence-corrected chi connectivity index (χ1v) is 8.96. The van der Waals surface area contributed by atoms with E-state index >= 15 is 0 Å². The van der Waals surface area contributed by atoms with Crippen molar-refractivity contribution in [2.75, 3.05) is 18.4 Å². The quantitative estimate of drug-likeness (QED) is 0.716. The Labute approximate surface area is 156 Å². The minimum absolute atomic E-state index is 0.233. The van der Waals surface area contributed by atoms with Gasteiger partial charge in [-0.25, -0.2) is 4.39 Å². The normalized spacial score (nSPS) is 17.7. The van der Waals surface area contributed by atoms with Crippen LogP contribution >= 0.6 is 11.6 Å². The number of aromatic nitrogens is 1. The summed E-state index contributed by atoms with van der Waals surface area (Å²) in [5, 5.41) is 14.6. The van der Waals surface area contributed by atoms with E-state index in [1.165, 1.54) is 6.07 Å². The summed E-state index contributed by atoms with van der Waals surface area (Å²) in [5.74, 6) is -0.233. The Morgan fingerprint density at radius 3 is 2.92 bits per heavy atom. The van der Waals surface area contributed by atoms with E-state index in [4.69, 9.17) is 11.6 Å². The summed E-state index contributed by atoms with van der Waals surface area (Å²) >= 11 is 6.04. The summed E-state index contributed by atoms with van der Waals surface area (Å²) in [6, 6.07) is 12.5. The van der Waals surface area contributed by atoms with E-state index in [2.05, 4.69) is 15.2 Å². The monoisotopic (exact) mass is 371 g/mol. The van der Waals surface area contributed by atoms with Crippen molar-refractivity contribution >= 4 is 33.9 Å². The van der Waals surface area contributed by atoms with E-state index in [1.807, 2.05) is 30.3 Å². The summed E-state index contributed by atoms with van der Waals surface area (Å²) < 4.78 is 14.2. The van der Waals surface area contributed by atoms with Gasteiger partial charge >= 0.3 is 0 Å². The molecule has 2 N–H and O–H groups in total. The molecule has 4 rings (SSSR count). The second-order valence-corrected chi connectivity index (χ2v) is 7.07. The number of aliphatic hydroxyl groups is 1. The van der Waals surface area contributed by atoms with Gasteiger partial charge in [-0.05, 0) is 48.9 Å². The van der Waals surface area contributed by atoms with Crippen LogP contribution in [0.5, 0.6) is 0 Å². The van der Waals surface area contributed by atoms with Crippen molar-refractivity contribution in [1.29, 1.82) is 0 Å². The molecule has 134 valence electrons. The van der Waals surface area contributed by atoms with Gasteiger partial charge in [0, 0.05) is 53.2 Å². The van der Waals surface area contributed by atoms with Crippen LogP contribution in [0.1, 0.15) is 12.0 Å². The van der Waals surface area contributed by atoms with Gasteiger partial charge in [0.2, 0.25) is 0 Å². The molecule has 1 unspecified atom stereocenters. The largest absolute Gasteiger partial charge is 0.392 e. The van der Waals surface area contributed by atoms with Crippen LogP contribution in [0.2, 0.25) is 5.02 Å². The summed E-state index contributed by atoms with van der Waals surface area (Å²) in [6.07, 6.45) is 2.15. The summed E-state index contributed by atoms with van der Waals surface area (Å²) in [4.78, 5) is 6.40. The molecule has 0 bridgehead atoms. The first kappa shape index (κ1) is 17.2. The number of β-amino-alcohol motifs (C(OH)–C–C–N with tert-alkyl or cyclic N) is 1. The predicted molar refractivity (Wildman–Crippen MR) is 102 cm³/mol. The zero-order valence-corrected chi connectivity index (χ0v) is 14.9.